The Morgan fingerprint density at radius 1 is 1.39 bits per heavy atom. The number of hydrogen-bond acceptors (Lipinski definition) is 6. The third kappa shape index (κ3) is 6.09. The summed E-state index contributed by atoms with van der Waals surface area (Å²) in [5, 5.41) is 19.2. The highest BCUT2D eigenvalue weighted by Gasteiger charge is 2.22. The van der Waals surface area contributed by atoms with Crippen molar-refractivity contribution in [3.63, 3.8) is 0 Å². The monoisotopic (exact) mass is 436 g/mol. The van der Waals surface area contributed by atoms with Crippen molar-refractivity contribution in [2.45, 2.75) is 49.6 Å². The number of ether oxygens (including phenoxy) is 1. The van der Waals surface area contributed by atoms with Gasteiger partial charge in [-0.15, -0.1) is 10.2 Å². The van der Waals surface area contributed by atoms with E-state index in [1.807, 2.05) is 35.8 Å². The summed E-state index contributed by atoms with van der Waals surface area (Å²) in [5.41, 5.74) is 2.71. The highest BCUT2D eigenvalue weighted by Crippen LogP contribution is 2.35. The molecule has 6 nitrogen and oxygen atoms in total. The third-order valence-electron chi connectivity index (χ3n) is 4.95. The van der Waals surface area contributed by atoms with Gasteiger partial charge in [-0.2, -0.15) is 0 Å². The minimum Gasteiger partial charge on any atom is -0.486 e. The van der Waals surface area contributed by atoms with Crippen LogP contribution in [0.1, 0.15) is 42.6 Å². The number of aliphatic imine (C=N–C) groups is 1. The van der Waals surface area contributed by atoms with Gasteiger partial charge in [0.05, 0.1) is 5.70 Å². The van der Waals surface area contributed by atoms with Crippen molar-refractivity contribution in [2.75, 3.05) is 13.7 Å². The molecule has 0 spiro atoms. The minimum absolute atomic E-state index is 0.157. The lowest BCUT2D eigenvalue weighted by Crippen LogP contribution is -2.10. The molecule has 1 aromatic carbocycles. The van der Waals surface area contributed by atoms with Crippen molar-refractivity contribution in [2.24, 2.45) is 4.99 Å². The number of thioether (sulfide) groups is 1. The zero-order chi connectivity index (χ0) is 22.1. The van der Waals surface area contributed by atoms with Crippen molar-refractivity contribution >= 4 is 23.7 Å². The van der Waals surface area contributed by atoms with Crippen molar-refractivity contribution in [3.05, 3.63) is 53.9 Å². The van der Waals surface area contributed by atoms with Gasteiger partial charge >= 0.3 is 0 Å². The summed E-state index contributed by atoms with van der Waals surface area (Å²) >= 11 is 1.77. The molecular formula is C24H28N4O2S. The largest absolute Gasteiger partial charge is 0.486 e. The third-order valence-corrected chi connectivity index (χ3v) is 6.23. The fraction of sp³-hybridized carbons (Fsp3) is 0.375. The van der Waals surface area contributed by atoms with Crippen LogP contribution in [0.3, 0.4) is 0 Å². The Bertz CT molecular complexity index is 1020. The molecule has 1 N–H and O–H groups in total. The topological polar surface area (TPSA) is 72.5 Å². The molecule has 1 saturated carbocycles. The van der Waals surface area contributed by atoms with E-state index in [9.17, 15) is 0 Å². The highest BCUT2D eigenvalue weighted by molar-refractivity contribution is 7.99. The molecule has 1 aliphatic rings. The number of benzene rings is 1. The summed E-state index contributed by atoms with van der Waals surface area (Å²) in [4.78, 5) is 4.19. The average molecular weight is 437 g/mol. The molecule has 0 bridgehead atoms. The normalized spacial score (nSPS) is 14.6. The maximum atomic E-state index is 8.89. The second-order valence-corrected chi connectivity index (χ2v) is 8.47. The van der Waals surface area contributed by atoms with Crippen LogP contribution in [0.2, 0.25) is 0 Å². The number of nitrogens with zero attached hydrogens (tertiary/aromatic N) is 4. The first kappa shape index (κ1) is 22.9. The molecule has 31 heavy (non-hydrogen) atoms. The standard InChI is InChI=1S/C24H28N4O2S/c1-4-8-20(16-25-3)28-23(26-27-24(28)31-22-10-5-6-11-22)17-30-21-13-12-19(9-7-14-29)18(2)15-21/h4,8,12-13,15-16,22,29H,1,5-6,10-11,14,17H2,2-3H3/b20-8+,25-16?. The van der Waals surface area contributed by atoms with Gasteiger partial charge in [0, 0.05) is 24.1 Å². The lowest BCUT2D eigenvalue weighted by atomic mass is 10.1. The van der Waals surface area contributed by atoms with E-state index in [1.54, 1.807) is 31.1 Å². The van der Waals surface area contributed by atoms with Crippen LogP contribution in [0.25, 0.3) is 5.70 Å². The number of aryl methyl sites for hydroxylation is 1. The smallest absolute Gasteiger partial charge is 0.196 e. The van der Waals surface area contributed by atoms with Crippen LogP contribution in [0.4, 0.5) is 0 Å². The van der Waals surface area contributed by atoms with Gasteiger partial charge in [-0.25, -0.2) is 0 Å². The zero-order valence-electron chi connectivity index (χ0n) is 18.0. The van der Waals surface area contributed by atoms with E-state index in [1.165, 1.54) is 25.7 Å². The predicted octanol–water partition coefficient (Wildman–Crippen LogP) is 4.27. The van der Waals surface area contributed by atoms with E-state index in [0.29, 0.717) is 11.1 Å². The molecule has 0 aliphatic heterocycles. The molecule has 0 amide bonds. The molecule has 1 heterocycles. The van der Waals surface area contributed by atoms with E-state index >= 15 is 0 Å². The number of rotatable bonds is 8. The maximum Gasteiger partial charge on any atom is 0.196 e. The van der Waals surface area contributed by atoms with Gasteiger partial charge in [0.25, 0.3) is 0 Å². The number of aliphatic hydroxyl groups is 1. The van der Waals surface area contributed by atoms with Crippen molar-refractivity contribution in [1.29, 1.82) is 0 Å². The van der Waals surface area contributed by atoms with E-state index < -0.39 is 0 Å². The molecule has 1 aliphatic carbocycles. The van der Waals surface area contributed by atoms with Crippen LogP contribution < -0.4 is 4.74 Å². The Morgan fingerprint density at radius 2 is 2.19 bits per heavy atom. The number of aromatic nitrogens is 3. The summed E-state index contributed by atoms with van der Waals surface area (Å²) < 4.78 is 8.04. The zero-order valence-corrected chi connectivity index (χ0v) is 18.9. The van der Waals surface area contributed by atoms with Crippen molar-refractivity contribution in [3.8, 4) is 17.6 Å². The van der Waals surface area contributed by atoms with Gasteiger partial charge in [-0.3, -0.25) is 9.56 Å². The number of allylic oxidation sites excluding steroid dienone is 3. The summed E-state index contributed by atoms with van der Waals surface area (Å²) in [6.45, 7) is 5.91. The SMILES string of the molecule is C=C/C=C(\C=NC)n1c(COc2ccc(C#CCO)c(C)c2)nnc1SC1CCCC1. The summed E-state index contributed by atoms with van der Waals surface area (Å²) in [5.74, 6) is 7.04. The Kier molecular flexibility index (Phi) is 8.51. The summed E-state index contributed by atoms with van der Waals surface area (Å²) in [6, 6.07) is 5.70. The molecule has 1 aromatic heterocycles. The summed E-state index contributed by atoms with van der Waals surface area (Å²) in [6.07, 6.45) is 10.4. The Morgan fingerprint density at radius 3 is 2.87 bits per heavy atom. The van der Waals surface area contributed by atoms with Gasteiger partial charge < -0.3 is 9.84 Å². The van der Waals surface area contributed by atoms with Crippen molar-refractivity contribution < 1.29 is 9.84 Å². The Balaban J connectivity index is 1.84. The average Bonchev–Trinajstić information content (AvgIpc) is 3.42. The van der Waals surface area contributed by atoms with Gasteiger partial charge in [0.2, 0.25) is 0 Å². The van der Waals surface area contributed by atoms with Gasteiger partial charge in [-0.1, -0.05) is 49.1 Å². The maximum absolute atomic E-state index is 8.89. The lowest BCUT2D eigenvalue weighted by Gasteiger charge is -2.13. The van der Waals surface area contributed by atoms with Crippen LogP contribution in [-0.2, 0) is 6.61 Å². The summed E-state index contributed by atoms with van der Waals surface area (Å²) in [7, 11) is 1.74. The Labute approximate surface area is 188 Å². The van der Waals surface area contributed by atoms with Gasteiger partial charge in [0.15, 0.2) is 11.0 Å². The van der Waals surface area contributed by atoms with Crippen LogP contribution in [0, 0.1) is 18.8 Å². The quantitative estimate of drug-likeness (QED) is 0.380. The second kappa shape index (κ2) is 11.5. The number of hydrogen-bond donors (Lipinski definition) is 1. The second-order valence-electron chi connectivity index (χ2n) is 7.20. The number of aliphatic hydroxyl groups excluding tert-OH is 1. The first-order valence-electron chi connectivity index (χ1n) is 10.4. The molecule has 7 heteroatoms. The fourth-order valence-electron chi connectivity index (χ4n) is 3.46. The molecule has 2 aromatic rings. The minimum atomic E-state index is -0.157. The molecular weight excluding hydrogens is 408 g/mol. The first-order valence-corrected chi connectivity index (χ1v) is 11.2. The van der Waals surface area contributed by atoms with Crippen molar-refractivity contribution in [1.82, 2.24) is 14.8 Å². The first-order chi connectivity index (χ1) is 15.2. The van der Waals surface area contributed by atoms with E-state index in [2.05, 4.69) is 33.6 Å². The molecule has 0 saturated heterocycles. The molecule has 3 rings (SSSR count). The van der Waals surface area contributed by atoms with Crippen LogP contribution >= 0.6 is 11.8 Å². The lowest BCUT2D eigenvalue weighted by molar-refractivity contribution is 0.293. The highest BCUT2D eigenvalue weighted by atomic mass is 32.2. The molecule has 1 fully saturated rings. The fourth-order valence-corrected chi connectivity index (χ4v) is 4.73. The van der Waals surface area contributed by atoms with Crippen LogP contribution in [0.5, 0.6) is 5.75 Å². The predicted molar refractivity (Wildman–Crippen MR) is 126 cm³/mol. The van der Waals surface area contributed by atoms with Gasteiger partial charge in [-0.05, 0) is 49.6 Å². The van der Waals surface area contributed by atoms with Crippen LogP contribution in [0.15, 0.2) is 47.1 Å². The van der Waals surface area contributed by atoms with E-state index in [0.717, 1.165) is 27.7 Å². The molecule has 0 unspecified atom stereocenters. The van der Waals surface area contributed by atoms with E-state index in [-0.39, 0.29) is 13.2 Å². The molecule has 0 radical (unpaired) electrons. The van der Waals surface area contributed by atoms with E-state index in [4.69, 9.17) is 9.84 Å². The molecule has 162 valence electrons. The van der Waals surface area contributed by atoms with Crippen LogP contribution in [-0.4, -0.2) is 45.0 Å². The molecule has 0 atom stereocenters. The van der Waals surface area contributed by atoms with Gasteiger partial charge in [0.1, 0.15) is 19.0 Å². The Hall–Kier alpha value is -2.82.